The molecule has 1 amide bonds. The number of carbonyl (C=O) groups excluding carboxylic acids is 1. The second kappa shape index (κ2) is 7.76. The number of likely N-dealkylation sites (tertiary alicyclic amines) is 1. The number of hydrogen-bond acceptors (Lipinski definition) is 4. The molecular formula is C16H22N2O5S. The quantitative estimate of drug-likeness (QED) is 0.788. The highest BCUT2D eigenvalue weighted by Crippen LogP contribution is 2.18. The van der Waals surface area contributed by atoms with Crippen molar-refractivity contribution in [3.05, 3.63) is 29.8 Å². The number of nitrogens with zero attached hydrogens (tertiary/aromatic N) is 1. The average molecular weight is 354 g/mol. The minimum Gasteiger partial charge on any atom is -0.481 e. The molecule has 2 N–H and O–H groups in total. The van der Waals surface area contributed by atoms with Crippen molar-refractivity contribution < 1.29 is 23.1 Å². The molecule has 24 heavy (non-hydrogen) atoms. The van der Waals surface area contributed by atoms with Crippen LogP contribution in [0.5, 0.6) is 0 Å². The fourth-order valence-electron chi connectivity index (χ4n) is 2.75. The maximum absolute atomic E-state index is 12.3. The molecule has 1 atom stereocenters. The first-order valence-corrected chi connectivity index (χ1v) is 9.41. The summed E-state index contributed by atoms with van der Waals surface area (Å²) < 4.78 is 26.1. The Kier molecular flexibility index (Phi) is 5.95. The Bertz CT molecular complexity index is 700. The number of benzene rings is 1. The Hall–Kier alpha value is -1.93. The van der Waals surface area contributed by atoms with E-state index >= 15 is 0 Å². The molecule has 0 unspecified atom stereocenters. The highest BCUT2D eigenvalue weighted by Gasteiger charge is 2.28. The monoisotopic (exact) mass is 354 g/mol. The standard InChI is InChI=1S/C16H22N2O5S/c1-2-17-24(22,23)14-7-5-12(6-8-14)10-15(19)18-9-3-4-13(11-18)16(20)21/h5-8,13,17H,2-4,9-11H2,1H3,(H,20,21)/t13-/m0/s1. The molecule has 1 aromatic carbocycles. The minimum atomic E-state index is -3.50. The highest BCUT2D eigenvalue weighted by molar-refractivity contribution is 7.89. The summed E-state index contributed by atoms with van der Waals surface area (Å²) in [6.45, 7) is 2.81. The molecule has 0 saturated carbocycles. The molecule has 132 valence electrons. The third kappa shape index (κ3) is 4.55. The summed E-state index contributed by atoms with van der Waals surface area (Å²) in [5, 5.41) is 9.08. The van der Waals surface area contributed by atoms with Gasteiger partial charge >= 0.3 is 5.97 Å². The molecule has 0 aliphatic carbocycles. The molecule has 0 aromatic heterocycles. The van der Waals surface area contributed by atoms with E-state index in [0.717, 1.165) is 0 Å². The predicted octanol–water partition coefficient (Wildman–Crippen LogP) is 0.850. The van der Waals surface area contributed by atoms with Crippen molar-refractivity contribution in [1.82, 2.24) is 9.62 Å². The van der Waals surface area contributed by atoms with E-state index < -0.39 is 21.9 Å². The van der Waals surface area contributed by atoms with Crippen LogP contribution in [0.4, 0.5) is 0 Å². The third-order valence-corrected chi connectivity index (χ3v) is 5.61. The summed E-state index contributed by atoms with van der Waals surface area (Å²) in [6.07, 6.45) is 1.41. The lowest BCUT2D eigenvalue weighted by Crippen LogP contribution is -2.43. The molecule has 0 radical (unpaired) electrons. The number of carbonyl (C=O) groups is 2. The lowest BCUT2D eigenvalue weighted by molar-refractivity contribution is -0.145. The topological polar surface area (TPSA) is 104 Å². The molecule has 0 bridgehead atoms. The van der Waals surface area contributed by atoms with E-state index in [2.05, 4.69) is 4.72 Å². The Labute approximate surface area is 141 Å². The smallest absolute Gasteiger partial charge is 0.308 e. The highest BCUT2D eigenvalue weighted by atomic mass is 32.2. The zero-order chi connectivity index (χ0) is 17.7. The fourth-order valence-corrected chi connectivity index (χ4v) is 3.79. The second-order valence-corrected chi connectivity index (χ2v) is 7.61. The summed E-state index contributed by atoms with van der Waals surface area (Å²) in [4.78, 5) is 25.1. The van der Waals surface area contributed by atoms with Crippen molar-refractivity contribution in [1.29, 1.82) is 0 Å². The van der Waals surface area contributed by atoms with Gasteiger partial charge in [-0.1, -0.05) is 19.1 Å². The third-order valence-electron chi connectivity index (χ3n) is 4.05. The summed E-state index contributed by atoms with van der Waals surface area (Å²) in [7, 11) is -3.50. The van der Waals surface area contributed by atoms with Crippen LogP contribution in [0.2, 0.25) is 0 Å². The van der Waals surface area contributed by atoms with E-state index in [1.54, 1.807) is 24.0 Å². The van der Waals surface area contributed by atoms with Crippen LogP contribution in [-0.4, -0.2) is 49.9 Å². The number of hydrogen-bond donors (Lipinski definition) is 2. The summed E-state index contributed by atoms with van der Waals surface area (Å²) >= 11 is 0. The zero-order valence-electron chi connectivity index (χ0n) is 13.6. The maximum Gasteiger partial charge on any atom is 0.308 e. The normalized spacial score (nSPS) is 18.4. The molecule has 2 rings (SSSR count). The van der Waals surface area contributed by atoms with Crippen LogP contribution in [0.15, 0.2) is 29.2 Å². The average Bonchev–Trinajstić information content (AvgIpc) is 2.55. The maximum atomic E-state index is 12.3. The number of rotatable bonds is 6. The number of carboxylic acids is 1. The first-order valence-electron chi connectivity index (χ1n) is 7.92. The first-order chi connectivity index (χ1) is 11.3. The van der Waals surface area contributed by atoms with Gasteiger partial charge in [-0.3, -0.25) is 9.59 Å². The second-order valence-electron chi connectivity index (χ2n) is 5.84. The molecule has 8 heteroatoms. The van der Waals surface area contributed by atoms with Crippen molar-refractivity contribution >= 4 is 21.9 Å². The van der Waals surface area contributed by atoms with Gasteiger partial charge in [0.25, 0.3) is 0 Å². The van der Waals surface area contributed by atoms with Gasteiger partial charge in [0.15, 0.2) is 0 Å². The lowest BCUT2D eigenvalue weighted by atomic mass is 9.97. The SMILES string of the molecule is CCNS(=O)(=O)c1ccc(CC(=O)N2CCC[C@H](C(=O)O)C2)cc1. The van der Waals surface area contributed by atoms with Crippen LogP contribution in [0.1, 0.15) is 25.3 Å². The number of nitrogens with one attached hydrogen (secondary N) is 1. The van der Waals surface area contributed by atoms with Gasteiger partial charge in [0.2, 0.25) is 15.9 Å². The van der Waals surface area contributed by atoms with E-state index in [-0.39, 0.29) is 23.8 Å². The van der Waals surface area contributed by atoms with Crippen molar-refractivity contribution in [2.75, 3.05) is 19.6 Å². The lowest BCUT2D eigenvalue weighted by Gasteiger charge is -2.30. The molecule has 7 nitrogen and oxygen atoms in total. The molecule has 1 aromatic rings. The van der Waals surface area contributed by atoms with Gasteiger partial charge in [0, 0.05) is 19.6 Å². The summed E-state index contributed by atoms with van der Waals surface area (Å²) in [5.74, 6) is -1.51. The first kappa shape index (κ1) is 18.4. The van der Waals surface area contributed by atoms with Gasteiger partial charge in [-0.25, -0.2) is 13.1 Å². The van der Waals surface area contributed by atoms with Gasteiger partial charge in [-0.15, -0.1) is 0 Å². The van der Waals surface area contributed by atoms with E-state index in [1.807, 2.05) is 0 Å². The molecule has 1 heterocycles. The Morgan fingerprint density at radius 2 is 1.96 bits per heavy atom. The van der Waals surface area contributed by atoms with Crippen LogP contribution >= 0.6 is 0 Å². The fraction of sp³-hybridized carbons (Fsp3) is 0.500. The van der Waals surface area contributed by atoms with Gasteiger partial charge < -0.3 is 10.0 Å². The Balaban J connectivity index is 2.01. The van der Waals surface area contributed by atoms with Crippen molar-refractivity contribution in [2.45, 2.75) is 31.1 Å². The van der Waals surface area contributed by atoms with Crippen LogP contribution in [-0.2, 0) is 26.0 Å². The van der Waals surface area contributed by atoms with E-state index in [1.165, 1.54) is 12.1 Å². The Morgan fingerprint density at radius 3 is 2.54 bits per heavy atom. The number of amides is 1. The number of piperidine rings is 1. The largest absolute Gasteiger partial charge is 0.481 e. The number of aliphatic carboxylic acids is 1. The van der Waals surface area contributed by atoms with Crippen LogP contribution in [0.3, 0.4) is 0 Å². The van der Waals surface area contributed by atoms with Crippen LogP contribution < -0.4 is 4.72 Å². The van der Waals surface area contributed by atoms with Gasteiger partial charge in [0.05, 0.1) is 17.2 Å². The summed E-state index contributed by atoms with van der Waals surface area (Å²) in [5.41, 5.74) is 0.702. The van der Waals surface area contributed by atoms with Gasteiger partial charge in [0.1, 0.15) is 0 Å². The van der Waals surface area contributed by atoms with Crippen molar-refractivity contribution in [2.24, 2.45) is 5.92 Å². The van der Waals surface area contributed by atoms with Crippen LogP contribution in [0, 0.1) is 5.92 Å². The molecular weight excluding hydrogens is 332 g/mol. The molecule has 1 aliphatic heterocycles. The molecule has 0 spiro atoms. The number of carboxylic acid groups (broad SMARTS) is 1. The van der Waals surface area contributed by atoms with E-state index in [9.17, 15) is 18.0 Å². The predicted molar refractivity (Wildman–Crippen MR) is 87.9 cm³/mol. The van der Waals surface area contributed by atoms with E-state index in [0.29, 0.717) is 31.5 Å². The molecule has 1 fully saturated rings. The van der Waals surface area contributed by atoms with Gasteiger partial charge in [-0.2, -0.15) is 0 Å². The van der Waals surface area contributed by atoms with Gasteiger partial charge in [-0.05, 0) is 30.5 Å². The molecule has 1 saturated heterocycles. The Morgan fingerprint density at radius 1 is 1.29 bits per heavy atom. The van der Waals surface area contributed by atoms with Crippen molar-refractivity contribution in [3.8, 4) is 0 Å². The van der Waals surface area contributed by atoms with E-state index in [4.69, 9.17) is 5.11 Å². The van der Waals surface area contributed by atoms with Crippen molar-refractivity contribution in [3.63, 3.8) is 0 Å². The number of sulfonamides is 1. The minimum absolute atomic E-state index is 0.133. The van der Waals surface area contributed by atoms with Crippen LogP contribution in [0.25, 0.3) is 0 Å². The molecule has 1 aliphatic rings. The summed E-state index contributed by atoms with van der Waals surface area (Å²) in [6, 6.07) is 6.16. The zero-order valence-corrected chi connectivity index (χ0v) is 14.4.